The van der Waals surface area contributed by atoms with Crippen molar-refractivity contribution in [2.45, 2.75) is 39.4 Å². The largest absolute Gasteiger partial charge is 0.444 e. The van der Waals surface area contributed by atoms with Crippen LogP contribution in [0.25, 0.3) is 0 Å². The third kappa shape index (κ3) is 5.32. The van der Waals surface area contributed by atoms with Crippen LogP contribution in [0.1, 0.15) is 32.8 Å². The second-order valence-electron chi connectivity index (χ2n) is 7.23. The molecule has 1 aliphatic rings. The summed E-state index contributed by atoms with van der Waals surface area (Å²) in [5.74, 6) is 0.199. The molecule has 0 radical (unpaired) electrons. The number of anilines is 1. The first kappa shape index (κ1) is 19.0. The van der Waals surface area contributed by atoms with Gasteiger partial charge in [-0.1, -0.05) is 6.07 Å². The van der Waals surface area contributed by atoms with Crippen LogP contribution in [0, 0.1) is 16.0 Å². The topological polar surface area (TPSA) is 105 Å². The summed E-state index contributed by atoms with van der Waals surface area (Å²) in [6, 6.07) is 4.62. The van der Waals surface area contributed by atoms with E-state index < -0.39 is 10.5 Å². The number of hydrogen-bond donors (Lipinski definition) is 2. The van der Waals surface area contributed by atoms with Crippen molar-refractivity contribution in [1.82, 2.24) is 4.90 Å². The molecule has 1 aliphatic heterocycles. The maximum Gasteiger partial charge on any atom is 0.410 e. The number of hydrogen-bond acceptors (Lipinski definition) is 6. The summed E-state index contributed by atoms with van der Waals surface area (Å²) in [5, 5.41) is 23.4. The molecule has 1 unspecified atom stereocenters. The zero-order valence-electron chi connectivity index (χ0n) is 14.8. The highest BCUT2D eigenvalue weighted by molar-refractivity contribution is 5.68. The molecule has 138 valence electrons. The molecule has 0 aromatic heterocycles. The maximum atomic E-state index is 12.1. The van der Waals surface area contributed by atoms with Crippen molar-refractivity contribution < 1.29 is 19.6 Å². The van der Waals surface area contributed by atoms with Crippen LogP contribution in [0.2, 0.25) is 0 Å². The summed E-state index contributed by atoms with van der Waals surface area (Å²) >= 11 is 0. The smallest absolute Gasteiger partial charge is 0.410 e. The van der Waals surface area contributed by atoms with E-state index in [2.05, 4.69) is 5.32 Å². The van der Waals surface area contributed by atoms with Crippen molar-refractivity contribution >= 4 is 17.5 Å². The SMILES string of the molecule is CC(C)(C)OC(=O)N1CCC(CNc2ccc(CO)cc2[N+](=O)[O-])C1. The highest BCUT2D eigenvalue weighted by Gasteiger charge is 2.30. The van der Waals surface area contributed by atoms with Gasteiger partial charge in [0.25, 0.3) is 5.69 Å². The van der Waals surface area contributed by atoms with E-state index >= 15 is 0 Å². The van der Waals surface area contributed by atoms with Crippen molar-refractivity contribution in [3.05, 3.63) is 33.9 Å². The molecule has 0 bridgehead atoms. The van der Waals surface area contributed by atoms with Gasteiger partial charge >= 0.3 is 6.09 Å². The molecule has 25 heavy (non-hydrogen) atoms. The van der Waals surface area contributed by atoms with Crippen LogP contribution in [0.15, 0.2) is 18.2 Å². The minimum atomic E-state index is -0.525. The molecule has 8 heteroatoms. The monoisotopic (exact) mass is 351 g/mol. The fraction of sp³-hybridized carbons (Fsp3) is 0.588. The predicted octanol–water partition coefficient (Wildman–Crippen LogP) is 2.76. The Morgan fingerprint density at radius 3 is 2.80 bits per heavy atom. The fourth-order valence-corrected chi connectivity index (χ4v) is 2.72. The normalized spacial score (nSPS) is 17.4. The van der Waals surface area contributed by atoms with Crippen LogP contribution < -0.4 is 5.32 Å². The number of likely N-dealkylation sites (tertiary alicyclic amines) is 1. The van der Waals surface area contributed by atoms with E-state index in [-0.39, 0.29) is 24.3 Å². The van der Waals surface area contributed by atoms with Gasteiger partial charge in [-0.15, -0.1) is 0 Å². The number of nitro groups is 1. The number of ether oxygens (including phenoxy) is 1. The van der Waals surface area contributed by atoms with E-state index in [9.17, 15) is 14.9 Å². The number of aliphatic hydroxyl groups excluding tert-OH is 1. The lowest BCUT2D eigenvalue weighted by Gasteiger charge is -2.24. The van der Waals surface area contributed by atoms with Gasteiger partial charge in [0, 0.05) is 25.7 Å². The Balaban J connectivity index is 1.93. The van der Waals surface area contributed by atoms with E-state index in [4.69, 9.17) is 9.84 Å². The van der Waals surface area contributed by atoms with Crippen LogP contribution in [0.5, 0.6) is 0 Å². The Morgan fingerprint density at radius 1 is 1.48 bits per heavy atom. The molecular weight excluding hydrogens is 326 g/mol. The minimum absolute atomic E-state index is 0.0615. The third-order valence-electron chi connectivity index (χ3n) is 3.96. The van der Waals surface area contributed by atoms with Gasteiger partial charge in [-0.3, -0.25) is 10.1 Å². The first-order valence-electron chi connectivity index (χ1n) is 8.29. The van der Waals surface area contributed by atoms with Crippen LogP contribution in [0.3, 0.4) is 0 Å². The Bertz CT molecular complexity index is 642. The van der Waals surface area contributed by atoms with Crippen molar-refractivity contribution in [3.63, 3.8) is 0 Å². The number of nitro benzene ring substituents is 1. The van der Waals surface area contributed by atoms with Crippen molar-refractivity contribution in [3.8, 4) is 0 Å². The van der Waals surface area contributed by atoms with Gasteiger partial charge in [-0.05, 0) is 44.7 Å². The molecule has 1 aromatic rings. The number of rotatable bonds is 5. The van der Waals surface area contributed by atoms with E-state index in [0.29, 0.717) is 30.9 Å². The Hall–Kier alpha value is -2.35. The average Bonchev–Trinajstić information content (AvgIpc) is 3.00. The van der Waals surface area contributed by atoms with Crippen molar-refractivity contribution in [2.24, 2.45) is 5.92 Å². The minimum Gasteiger partial charge on any atom is -0.444 e. The van der Waals surface area contributed by atoms with Gasteiger partial charge in [0.15, 0.2) is 0 Å². The molecule has 1 amide bonds. The van der Waals surface area contributed by atoms with Gasteiger partial charge in [-0.25, -0.2) is 4.79 Å². The van der Waals surface area contributed by atoms with Crippen molar-refractivity contribution in [1.29, 1.82) is 0 Å². The summed E-state index contributed by atoms with van der Waals surface area (Å²) in [7, 11) is 0. The highest BCUT2D eigenvalue weighted by atomic mass is 16.6. The zero-order valence-corrected chi connectivity index (χ0v) is 14.8. The van der Waals surface area contributed by atoms with E-state index in [0.717, 1.165) is 6.42 Å². The lowest BCUT2D eigenvalue weighted by atomic mass is 10.1. The second kappa shape index (κ2) is 7.69. The van der Waals surface area contributed by atoms with Gasteiger partial charge < -0.3 is 20.1 Å². The first-order valence-corrected chi connectivity index (χ1v) is 8.29. The summed E-state index contributed by atoms with van der Waals surface area (Å²) in [6.07, 6.45) is 0.489. The fourth-order valence-electron chi connectivity index (χ4n) is 2.72. The lowest BCUT2D eigenvalue weighted by Crippen LogP contribution is -2.35. The second-order valence-corrected chi connectivity index (χ2v) is 7.23. The highest BCUT2D eigenvalue weighted by Crippen LogP contribution is 2.27. The zero-order chi connectivity index (χ0) is 18.6. The number of nitrogens with zero attached hydrogens (tertiary/aromatic N) is 2. The van der Waals surface area contributed by atoms with E-state index in [1.54, 1.807) is 17.0 Å². The molecule has 1 saturated heterocycles. The summed E-state index contributed by atoms with van der Waals surface area (Å²) in [6.45, 7) is 6.95. The number of carbonyl (C=O) groups excluding carboxylic acids is 1. The summed E-state index contributed by atoms with van der Waals surface area (Å²) < 4.78 is 5.36. The molecule has 1 atom stereocenters. The molecular formula is C17H25N3O5. The number of nitrogens with one attached hydrogen (secondary N) is 1. The van der Waals surface area contributed by atoms with Crippen LogP contribution in [0.4, 0.5) is 16.2 Å². The maximum absolute atomic E-state index is 12.1. The Kier molecular flexibility index (Phi) is 5.84. The molecule has 2 rings (SSSR count). The molecule has 0 spiro atoms. The lowest BCUT2D eigenvalue weighted by molar-refractivity contribution is -0.384. The van der Waals surface area contributed by atoms with E-state index in [1.807, 2.05) is 20.8 Å². The molecule has 1 fully saturated rings. The Morgan fingerprint density at radius 2 is 2.20 bits per heavy atom. The Labute approximate surface area is 146 Å². The third-order valence-corrected chi connectivity index (χ3v) is 3.96. The van der Waals surface area contributed by atoms with Gasteiger partial charge in [0.2, 0.25) is 0 Å². The molecule has 8 nitrogen and oxygen atoms in total. The molecule has 2 N–H and O–H groups in total. The molecule has 0 aliphatic carbocycles. The van der Waals surface area contributed by atoms with Crippen LogP contribution in [-0.4, -0.2) is 46.3 Å². The van der Waals surface area contributed by atoms with Crippen LogP contribution in [-0.2, 0) is 11.3 Å². The van der Waals surface area contributed by atoms with Gasteiger partial charge in [-0.2, -0.15) is 0 Å². The number of carbonyl (C=O) groups is 1. The first-order chi connectivity index (χ1) is 11.7. The standard InChI is InChI=1S/C17H25N3O5/c1-17(2,3)25-16(22)19-7-6-13(10-19)9-18-14-5-4-12(11-21)8-15(14)20(23)24/h4-5,8,13,18,21H,6-7,9-11H2,1-3H3. The summed E-state index contributed by atoms with van der Waals surface area (Å²) in [4.78, 5) is 24.4. The molecule has 1 heterocycles. The van der Waals surface area contributed by atoms with Gasteiger partial charge in [0.1, 0.15) is 11.3 Å². The molecule has 1 aromatic carbocycles. The quantitative estimate of drug-likeness (QED) is 0.624. The number of aliphatic hydroxyl groups is 1. The van der Waals surface area contributed by atoms with Gasteiger partial charge in [0.05, 0.1) is 11.5 Å². The van der Waals surface area contributed by atoms with E-state index in [1.165, 1.54) is 6.07 Å². The van der Waals surface area contributed by atoms with Crippen LogP contribution >= 0.6 is 0 Å². The number of benzene rings is 1. The predicted molar refractivity (Wildman–Crippen MR) is 93.4 cm³/mol. The average molecular weight is 351 g/mol. The summed E-state index contributed by atoms with van der Waals surface area (Å²) in [5.41, 5.74) is 0.323. The molecule has 0 saturated carbocycles. The van der Waals surface area contributed by atoms with Crippen molar-refractivity contribution in [2.75, 3.05) is 25.0 Å². The number of amides is 1.